The number of hydrazone groups is 1. The van der Waals surface area contributed by atoms with Crippen molar-refractivity contribution in [1.29, 1.82) is 0 Å². The van der Waals surface area contributed by atoms with Gasteiger partial charge < -0.3 is 18.9 Å². The molecule has 0 aromatic heterocycles. The molecule has 3 aromatic rings. The second kappa shape index (κ2) is 8.97. The Hall–Kier alpha value is -3.74. The Balaban J connectivity index is 1.84. The highest BCUT2D eigenvalue weighted by atomic mass is 16.5. The largest absolute Gasteiger partial charge is 0.496 e. The van der Waals surface area contributed by atoms with Crippen molar-refractivity contribution in [2.45, 2.75) is 0 Å². The fourth-order valence-corrected chi connectivity index (χ4v) is 2.97. The van der Waals surface area contributed by atoms with Crippen LogP contribution in [0.25, 0.3) is 10.8 Å². The molecule has 3 rings (SSSR count). The van der Waals surface area contributed by atoms with E-state index in [4.69, 9.17) is 18.9 Å². The number of amides is 1. The summed E-state index contributed by atoms with van der Waals surface area (Å²) in [5.41, 5.74) is 3.60. The normalized spacial score (nSPS) is 10.8. The van der Waals surface area contributed by atoms with Gasteiger partial charge in [-0.3, -0.25) is 4.79 Å². The smallest absolute Gasteiger partial charge is 0.275 e. The van der Waals surface area contributed by atoms with Crippen molar-refractivity contribution < 1.29 is 23.7 Å². The van der Waals surface area contributed by atoms with E-state index in [0.717, 1.165) is 10.8 Å². The summed E-state index contributed by atoms with van der Waals surface area (Å²) in [6, 6.07) is 14.8. The molecule has 7 heteroatoms. The van der Waals surface area contributed by atoms with Crippen LogP contribution < -0.4 is 24.4 Å². The quantitative estimate of drug-likeness (QED) is 0.489. The Labute approximate surface area is 168 Å². The molecule has 0 heterocycles. The molecule has 1 amide bonds. The van der Waals surface area contributed by atoms with E-state index in [9.17, 15) is 4.79 Å². The summed E-state index contributed by atoms with van der Waals surface area (Å²) in [4.78, 5) is 12.6. The molecular formula is C22H22N2O5. The lowest BCUT2D eigenvalue weighted by molar-refractivity contribution is 0.0952. The van der Waals surface area contributed by atoms with Gasteiger partial charge in [0.2, 0.25) is 5.75 Å². The minimum Gasteiger partial charge on any atom is -0.496 e. The van der Waals surface area contributed by atoms with Crippen molar-refractivity contribution in [1.82, 2.24) is 5.43 Å². The average Bonchev–Trinajstić information content (AvgIpc) is 2.77. The van der Waals surface area contributed by atoms with Crippen molar-refractivity contribution >= 4 is 22.9 Å². The van der Waals surface area contributed by atoms with E-state index in [2.05, 4.69) is 10.5 Å². The minimum absolute atomic E-state index is 0.378. The van der Waals surface area contributed by atoms with Gasteiger partial charge in [-0.1, -0.05) is 24.3 Å². The Kier molecular flexibility index (Phi) is 6.19. The predicted molar refractivity (Wildman–Crippen MR) is 112 cm³/mol. The van der Waals surface area contributed by atoms with Gasteiger partial charge in [0.25, 0.3) is 5.91 Å². The number of rotatable bonds is 7. The number of benzene rings is 3. The van der Waals surface area contributed by atoms with Gasteiger partial charge in [-0.05, 0) is 35.0 Å². The molecule has 29 heavy (non-hydrogen) atoms. The first-order valence-electron chi connectivity index (χ1n) is 8.81. The summed E-state index contributed by atoms with van der Waals surface area (Å²) in [5, 5.41) is 5.97. The predicted octanol–water partition coefficient (Wildman–Crippen LogP) is 3.64. The molecule has 0 spiro atoms. The van der Waals surface area contributed by atoms with Crippen LogP contribution in [0.1, 0.15) is 15.9 Å². The van der Waals surface area contributed by atoms with Gasteiger partial charge in [0.05, 0.1) is 40.2 Å². The van der Waals surface area contributed by atoms with Crippen LogP contribution in [0.4, 0.5) is 0 Å². The fourth-order valence-electron chi connectivity index (χ4n) is 2.97. The summed E-state index contributed by atoms with van der Waals surface area (Å²) in [6.07, 6.45) is 1.50. The van der Waals surface area contributed by atoms with Crippen LogP contribution in [-0.4, -0.2) is 40.6 Å². The van der Waals surface area contributed by atoms with Crippen LogP contribution in [0.3, 0.4) is 0 Å². The number of fused-ring (bicyclic) bond motifs is 1. The third-order valence-corrected chi connectivity index (χ3v) is 4.38. The number of carbonyl (C=O) groups is 1. The van der Waals surface area contributed by atoms with Gasteiger partial charge >= 0.3 is 0 Å². The number of nitrogens with one attached hydrogen (secondary N) is 1. The van der Waals surface area contributed by atoms with Gasteiger partial charge in [-0.2, -0.15) is 5.10 Å². The first-order valence-corrected chi connectivity index (χ1v) is 8.81. The first kappa shape index (κ1) is 20.0. The maximum Gasteiger partial charge on any atom is 0.275 e. The summed E-state index contributed by atoms with van der Waals surface area (Å²) in [5.74, 6) is 1.57. The zero-order valence-corrected chi connectivity index (χ0v) is 16.7. The molecule has 3 aromatic carbocycles. The SMILES string of the molecule is COc1cc2ccccc2cc1C(=O)N/N=C/c1cc(OC)c(OC)c(OC)c1. The van der Waals surface area contributed by atoms with Crippen LogP contribution in [0.2, 0.25) is 0 Å². The summed E-state index contributed by atoms with van der Waals surface area (Å²) < 4.78 is 21.3. The molecule has 0 atom stereocenters. The second-order valence-electron chi connectivity index (χ2n) is 6.06. The van der Waals surface area contributed by atoms with Crippen molar-refractivity contribution in [3.8, 4) is 23.0 Å². The Bertz CT molecular complexity index is 1040. The van der Waals surface area contributed by atoms with E-state index in [1.54, 1.807) is 18.2 Å². The standard InChI is InChI=1S/C22H22N2O5/c1-26-18-12-16-8-6-5-7-15(16)11-17(18)22(25)24-23-13-14-9-19(27-2)21(29-4)20(10-14)28-3/h5-13H,1-4H3,(H,24,25)/b23-13+. The molecule has 0 bridgehead atoms. The van der Waals surface area contributed by atoms with Crippen molar-refractivity contribution in [3.63, 3.8) is 0 Å². The zero-order chi connectivity index (χ0) is 20.8. The average molecular weight is 394 g/mol. The number of hydrogen-bond donors (Lipinski definition) is 1. The Morgan fingerprint density at radius 2 is 1.41 bits per heavy atom. The highest BCUT2D eigenvalue weighted by molar-refractivity contribution is 6.02. The Morgan fingerprint density at radius 3 is 1.97 bits per heavy atom. The molecule has 0 aliphatic carbocycles. The first-order chi connectivity index (χ1) is 14.1. The molecule has 7 nitrogen and oxygen atoms in total. The number of nitrogens with zero attached hydrogens (tertiary/aromatic N) is 1. The lowest BCUT2D eigenvalue weighted by Gasteiger charge is -2.12. The molecule has 0 saturated carbocycles. The number of ether oxygens (including phenoxy) is 4. The van der Waals surface area contributed by atoms with Gasteiger partial charge in [-0.15, -0.1) is 0 Å². The van der Waals surface area contributed by atoms with Crippen LogP contribution in [0.15, 0.2) is 53.6 Å². The van der Waals surface area contributed by atoms with E-state index in [-0.39, 0.29) is 5.91 Å². The molecular weight excluding hydrogens is 372 g/mol. The van der Waals surface area contributed by atoms with Crippen LogP contribution in [-0.2, 0) is 0 Å². The molecule has 1 N–H and O–H groups in total. The van der Waals surface area contributed by atoms with E-state index in [1.165, 1.54) is 34.7 Å². The van der Waals surface area contributed by atoms with Crippen molar-refractivity contribution in [2.75, 3.05) is 28.4 Å². The van der Waals surface area contributed by atoms with Crippen LogP contribution in [0, 0.1) is 0 Å². The van der Waals surface area contributed by atoms with E-state index in [0.29, 0.717) is 34.1 Å². The monoisotopic (exact) mass is 394 g/mol. The Morgan fingerprint density at radius 1 is 0.828 bits per heavy atom. The maximum absolute atomic E-state index is 12.6. The van der Waals surface area contributed by atoms with Gasteiger partial charge in [0, 0.05) is 5.56 Å². The summed E-state index contributed by atoms with van der Waals surface area (Å²) in [7, 11) is 6.13. The van der Waals surface area contributed by atoms with Gasteiger partial charge in [-0.25, -0.2) is 5.43 Å². The lowest BCUT2D eigenvalue weighted by Crippen LogP contribution is -2.18. The molecule has 0 unspecified atom stereocenters. The van der Waals surface area contributed by atoms with E-state index >= 15 is 0 Å². The molecule has 150 valence electrons. The van der Waals surface area contributed by atoms with E-state index in [1.807, 2.05) is 30.3 Å². The third kappa shape index (κ3) is 4.24. The highest BCUT2D eigenvalue weighted by Crippen LogP contribution is 2.37. The van der Waals surface area contributed by atoms with Gasteiger partial charge in [0.15, 0.2) is 11.5 Å². The third-order valence-electron chi connectivity index (χ3n) is 4.38. The lowest BCUT2D eigenvalue weighted by atomic mass is 10.1. The number of methoxy groups -OCH3 is 4. The minimum atomic E-state index is -0.378. The summed E-state index contributed by atoms with van der Waals surface area (Å²) >= 11 is 0. The molecule has 0 radical (unpaired) electrons. The molecule has 0 aliphatic rings. The summed E-state index contributed by atoms with van der Waals surface area (Å²) in [6.45, 7) is 0. The number of carbonyl (C=O) groups excluding carboxylic acids is 1. The highest BCUT2D eigenvalue weighted by Gasteiger charge is 2.14. The fraction of sp³-hybridized carbons (Fsp3) is 0.182. The maximum atomic E-state index is 12.6. The van der Waals surface area contributed by atoms with Crippen molar-refractivity contribution in [3.05, 3.63) is 59.7 Å². The molecule has 0 saturated heterocycles. The van der Waals surface area contributed by atoms with Crippen LogP contribution in [0.5, 0.6) is 23.0 Å². The molecule has 0 fully saturated rings. The van der Waals surface area contributed by atoms with E-state index < -0.39 is 0 Å². The topological polar surface area (TPSA) is 78.4 Å². The second-order valence-corrected chi connectivity index (χ2v) is 6.06. The zero-order valence-electron chi connectivity index (χ0n) is 16.7. The van der Waals surface area contributed by atoms with Gasteiger partial charge in [0.1, 0.15) is 5.75 Å². The molecule has 0 aliphatic heterocycles. The van der Waals surface area contributed by atoms with Crippen LogP contribution >= 0.6 is 0 Å². The van der Waals surface area contributed by atoms with Crippen molar-refractivity contribution in [2.24, 2.45) is 5.10 Å². The number of hydrogen-bond acceptors (Lipinski definition) is 6.